The van der Waals surface area contributed by atoms with Gasteiger partial charge in [0.25, 0.3) is 5.91 Å². The van der Waals surface area contributed by atoms with E-state index < -0.39 is 6.04 Å². The van der Waals surface area contributed by atoms with Crippen molar-refractivity contribution in [1.82, 2.24) is 14.8 Å². The summed E-state index contributed by atoms with van der Waals surface area (Å²) in [6.07, 6.45) is 4.98. The highest BCUT2D eigenvalue weighted by molar-refractivity contribution is 5.98. The molecule has 3 heterocycles. The largest absolute Gasteiger partial charge is 0.490 e. The van der Waals surface area contributed by atoms with E-state index >= 15 is 0 Å². The molecule has 6 heteroatoms. The molecule has 3 aromatic rings. The minimum absolute atomic E-state index is 0.0240. The Morgan fingerprint density at radius 1 is 1.09 bits per heavy atom. The molecule has 2 aliphatic rings. The number of pyridine rings is 1. The third kappa shape index (κ3) is 4.21. The molecule has 2 amide bonds. The van der Waals surface area contributed by atoms with Gasteiger partial charge in [0.2, 0.25) is 5.91 Å². The predicted molar refractivity (Wildman–Crippen MR) is 126 cm³/mol. The molecule has 0 radical (unpaired) electrons. The Morgan fingerprint density at radius 2 is 1.91 bits per heavy atom. The van der Waals surface area contributed by atoms with Crippen molar-refractivity contribution in [2.45, 2.75) is 31.9 Å². The third-order valence-corrected chi connectivity index (χ3v) is 6.50. The minimum Gasteiger partial charge on any atom is -0.490 e. The van der Waals surface area contributed by atoms with E-state index in [0.717, 1.165) is 34.4 Å². The number of carbonyl (C=O) groups excluding carboxylic acids is 2. The van der Waals surface area contributed by atoms with Gasteiger partial charge in [0.15, 0.2) is 0 Å². The number of aromatic nitrogens is 1. The summed E-state index contributed by atoms with van der Waals surface area (Å²) in [6, 6.07) is 17.1. The maximum atomic E-state index is 13.5. The Morgan fingerprint density at radius 3 is 2.67 bits per heavy atom. The summed E-state index contributed by atoms with van der Waals surface area (Å²) in [5.41, 5.74) is 4.80. The maximum absolute atomic E-state index is 13.5. The second-order valence-corrected chi connectivity index (χ2v) is 8.87. The number of rotatable bonds is 4. The average molecular weight is 442 g/mol. The topological polar surface area (TPSA) is 62.7 Å². The number of hydrogen-bond acceptors (Lipinski definition) is 4. The van der Waals surface area contributed by atoms with E-state index in [9.17, 15) is 9.59 Å². The van der Waals surface area contributed by atoms with Gasteiger partial charge in [-0.05, 0) is 53.4 Å². The van der Waals surface area contributed by atoms with Crippen LogP contribution >= 0.6 is 0 Å². The van der Waals surface area contributed by atoms with Crippen LogP contribution in [0.2, 0.25) is 0 Å². The highest BCUT2D eigenvalue weighted by atomic mass is 16.5. The lowest BCUT2D eigenvalue weighted by atomic mass is 9.97. The number of nitrogens with zero attached hydrogens (tertiary/aromatic N) is 3. The SMILES string of the molecule is C[C@@H]1Cc2cc(C(=O)N3CCN(C)C(=O)[C@@H]3Cc3ccc(-c4cccnc4)cc3)ccc2O1. The molecule has 6 nitrogen and oxygen atoms in total. The van der Waals surface area contributed by atoms with Gasteiger partial charge in [0, 0.05) is 50.9 Å². The minimum atomic E-state index is -0.524. The van der Waals surface area contributed by atoms with Gasteiger partial charge in [0.05, 0.1) is 0 Å². The van der Waals surface area contributed by atoms with Crippen molar-refractivity contribution in [3.05, 3.63) is 83.7 Å². The van der Waals surface area contributed by atoms with E-state index in [2.05, 4.69) is 4.98 Å². The molecule has 2 atom stereocenters. The first-order valence-electron chi connectivity index (χ1n) is 11.3. The molecule has 0 spiro atoms. The number of likely N-dealkylation sites (N-methyl/N-ethyl adjacent to an activating group) is 1. The number of ether oxygens (including phenoxy) is 1. The van der Waals surface area contributed by atoms with Gasteiger partial charge in [-0.3, -0.25) is 14.6 Å². The fourth-order valence-corrected chi connectivity index (χ4v) is 4.66. The van der Waals surface area contributed by atoms with Gasteiger partial charge in [-0.2, -0.15) is 0 Å². The zero-order valence-corrected chi connectivity index (χ0v) is 18.9. The Kier molecular flexibility index (Phi) is 5.58. The van der Waals surface area contributed by atoms with Crippen LogP contribution in [-0.4, -0.2) is 58.9 Å². The van der Waals surface area contributed by atoms with Crippen LogP contribution in [0.4, 0.5) is 0 Å². The van der Waals surface area contributed by atoms with Gasteiger partial charge < -0.3 is 14.5 Å². The smallest absolute Gasteiger partial charge is 0.254 e. The van der Waals surface area contributed by atoms with E-state index in [1.54, 1.807) is 23.0 Å². The number of benzene rings is 2. The Labute approximate surface area is 193 Å². The van der Waals surface area contributed by atoms with Crippen LogP contribution in [0, 0.1) is 0 Å². The van der Waals surface area contributed by atoms with Crippen molar-refractivity contribution in [3.63, 3.8) is 0 Å². The van der Waals surface area contributed by atoms with Crippen LogP contribution in [0.3, 0.4) is 0 Å². The monoisotopic (exact) mass is 441 g/mol. The predicted octanol–water partition coefficient (Wildman–Crippen LogP) is 3.60. The van der Waals surface area contributed by atoms with Crippen molar-refractivity contribution in [2.24, 2.45) is 0 Å². The van der Waals surface area contributed by atoms with Gasteiger partial charge in [-0.25, -0.2) is 0 Å². The summed E-state index contributed by atoms with van der Waals surface area (Å²) in [4.78, 5) is 34.2. The lowest BCUT2D eigenvalue weighted by molar-refractivity contribution is -0.138. The molecule has 0 saturated carbocycles. The lowest BCUT2D eigenvalue weighted by Crippen LogP contribution is -2.58. The molecular weight excluding hydrogens is 414 g/mol. The highest BCUT2D eigenvalue weighted by Gasteiger charge is 2.36. The fourth-order valence-electron chi connectivity index (χ4n) is 4.66. The number of amides is 2. The molecule has 0 bridgehead atoms. The molecule has 5 rings (SSSR count). The zero-order chi connectivity index (χ0) is 22.9. The average Bonchev–Trinajstić information content (AvgIpc) is 3.22. The summed E-state index contributed by atoms with van der Waals surface area (Å²) in [7, 11) is 1.80. The third-order valence-electron chi connectivity index (χ3n) is 6.50. The highest BCUT2D eigenvalue weighted by Crippen LogP contribution is 2.30. The molecule has 1 fully saturated rings. The molecule has 2 aromatic carbocycles. The number of carbonyl (C=O) groups is 2. The number of piperazine rings is 1. The van der Waals surface area contributed by atoms with Crippen molar-refractivity contribution < 1.29 is 14.3 Å². The molecule has 0 unspecified atom stereocenters. The summed E-state index contributed by atoms with van der Waals surface area (Å²) in [6.45, 7) is 3.08. The van der Waals surface area contributed by atoms with Crippen LogP contribution in [0.25, 0.3) is 11.1 Å². The molecule has 0 aliphatic carbocycles. The molecule has 1 saturated heterocycles. The van der Waals surface area contributed by atoms with E-state index in [4.69, 9.17) is 4.74 Å². The summed E-state index contributed by atoms with van der Waals surface area (Å²) in [5, 5.41) is 0. The quantitative estimate of drug-likeness (QED) is 0.621. The van der Waals surface area contributed by atoms with E-state index in [-0.39, 0.29) is 17.9 Å². The maximum Gasteiger partial charge on any atom is 0.254 e. The number of hydrogen-bond donors (Lipinski definition) is 0. The first-order chi connectivity index (χ1) is 16.0. The van der Waals surface area contributed by atoms with Crippen LogP contribution in [-0.2, 0) is 17.6 Å². The van der Waals surface area contributed by atoms with Crippen LogP contribution in [0.15, 0.2) is 67.0 Å². The molecule has 0 N–H and O–H groups in total. The van der Waals surface area contributed by atoms with Crippen LogP contribution < -0.4 is 4.74 Å². The second kappa shape index (κ2) is 8.70. The molecule has 168 valence electrons. The van der Waals surface area contributed by atoms with Gasteiger partial charge >= 0.3 is 0 Å². The zero-order valence-electron chi connectivity index (χ0n) is 18.9. The second-order valence-electron chi connectivity index (χ2n) is 8.87. The van der Waals surface area contributed by atoms with E-state index in [1.807, 2.05) is 67.7 Å². The normalized spacial score (nSPS) is 19.9. The van der Waals surface area contributed by atoms with Crippen molar-refractivity contribution >= 4 is 11.8 Å². The standard InChI is InChI=1S/C27H27N3O3/c1-18-14-23-16-21(9-10-25(23)33-18)26(31)30-13-12-29(2)27(32)24(30)15-19-5-7-20(8-6-19)22-4-3-11-28-17-22/h3-11,16-18,24H,12-15H2,1-2H3/t18-,24+/m1/s1. The first-order valence-corrected chi connectivity index (χ1v) is 11.3. The van der Waals surface area contributed by atoms with Gasteiger partial charge in [-0.1, -0.05) is 30.3 Å². The first kappa shape index (κ1) is 21.2. The van der Waals surface area contributed by atoms with Crippen LogP contribution in [0.1, 0.15) is 28.4 Å². The molecule has 1 aromatic heterocycles. The Hall–Kier alpha value is -3.67. The van der Waals surface area contributed by atoms with Crippen LogP contribution in [0.5, 0.6) is 5.75 Å². The molecular formula is C27H27N3O3. The van der Waals surface area contributed by atoms with Gasteiger partial charge in [0.1, 0.15) is 17.9 Å². The molecule has 33 heavy (non-hydrogen) atoms. The lowest BCUT2D eigenvalue weighted by Gasteiger charge is -2.39. The molecule has 2 aliphatic heterocycles. The summed E-state index contributed by atoms with van der Waals surface area (Å²) < 4.78 is 5.77. The Balaban J connectivity index is 1.38. The van der Waals surface area contributed by atoms with Crippen molar-refractivity contribution in [2.75, 3.05) is 20.1 Å². The summed E-state index contributed by atoms with van der Waals surface area (Å²) in [5.74, 6) is 0.721. The van der Waals surface area contributed by atoms with Crippen molar-refractivity contribution in [1.29, 1.82) is 0 Å². The fraction of sp³-hybridized carbons (Fsp3) is 0.296. The van der Waals surface area contributed by atoms with Gasteiger partial charge in [-0.15, -0.1) is 0 Å². The van der Waals surface area contributed by atoms with E-state index in [0.29, 0.717) is 25.1 Å². The van der Waals surface area contributed by atoms with Crippen molar-refractivity contribution in [3.8, 4) is 16.9 Å². The van der Waals surface area contributed by atoms with E-state index in [1.165, 1.54) is 0 Å². The summed E-state index contributed by atoms with van der Waals surface area (Å²) >= 11 is 0. The Bertz CT molecular complexity index is 1180. The number of fused-ring (bicyclic) bond motifs is 1.